The first-order valence-corrected chi connectivity index (χ1v) is 7.14. The lowest BCUT2D eigenvalue weighted by Crippen LogP contribution is -2.26. The summed E-state index contributed by atoms with van der Waals surface area (Å²) in [6, 6.07) is 6.99. The van der Waals surface area contributed by atoms with E-state index in [9.17, 15) is 0 Å². The Hall–Kier alpha value is -1.18. The lowest BCUT2D eigenvalue weighted by atomic mass is 9.84. The highest BCUT2D eigenvalue weighted by molar-refractivity contribution is 5.58. The summed E-state index contributed by atoms with van der Waals surface area (Å²) in [4.78, 5) is 0. The molecule has 0 radical (unpaired) electrons. The Kier molecular flexibility index (Phi) is 4.51. The molecule has 0 aliphatic heterocycles. The number of anilines is 1. The standard InChI is InChI=1S/C16H25NO/c1-4-13-6-8-14(9-7-13)17-15-10-5-12(2)11-16(15)18-3/h5,10-11,13-14,17H,4,6-9H2,1-3H3. The summed E-state index contributed by atoms with van der Waals surface area (Å²) in [7, 11) is 1.74. The molecule has 1 fully saturated rings. The highest BCUT2D eigenvalue weighted by Gasteiger charge is 2.20. The van der Waals surface area contributed by atoms with Gasteiger partial charge in [-0.2, -0.15) is 0 Å². The van der Waals surface area contributed by atoms with Gasteiger partial charge in [-0.05, 0) is 56.2 Å². The van der Waals surface area contributed by atoms with E-state index in [0.29, 0.717) is 6.04 Å². The number of methoxy groups -OCH3 is 1. The molecule has 0 unspecified atom stereocenters. The van der Waals surface area contributed by atoms with Gasteiger partial charge in [0.25, 0.3) is 0 Å². The molecule has 100 valence electrons. The van der Waals surface area contributed by atoms with Gasteiger partial charge in [0.15, 0.2) is 0 Å². The molecule has 1 saturated carbocycles. The van der Waals surface area contributed by atoms with E-state index in [1.54, 1.807) is 7.11 Å². The number of benzene rings is 1. The zero-order valence-electron chi connectivity index (χ0n) is 11.8. The number of aryl methyl sites for hydroxylation is 1. The fourth-order valence-corrected chi connectivity index (χ4v) is 2.85. The van der Waals surface area contributed by atoms with E-state index < -0.39 is 0 Å². The quantitative estimate of drug-likeness (QED) is 0.852. The van der Waals surface area contributed by atoms with Crippen LogP contribution in [0.3, 0.4) is 0 Å². The van der Waals surface area contributed by atoms with Crippen LogP contribution < -0.4 is 10.1 Å². The van der Waals surface area contributed by atoms with Gasteiger partial charge in [0, 0.05) is 6.04 Å². The van der Waals surface area contributed by atoms with Crippen LogP contribution in [0, 0.1) is 12.8 Å². The molecule has 2 rings (SSSR count). The monoisotopic (exact) mass is 247 g/mol. The zero-order valence-corrected chi connectivity index (χ0v) is 11.8. The molecule has 1 N–H and O–H groups in total. The molecule has 1 aliphatic carbocycles. The van der Waals surface area contributed by atoms with Crippen molar-refractivity contribution in [2.24, 2.45) is 5.92 Å². The van der Waals surface area contributed by atoms with Crippen molar-refractivity contribution in [3.63, 3.8) is 0 Å². The van der Waals surface area contributed by atoms with Crippen molar-refractivity contribution < 1.29 is 4.74 Å². The minimum Gasteiger partial charge on any atom is -0.495 e. The Labute approximate surface area is 111 Å². The Morgan fingerprint density at radius 1 is 1.22 bits per heavy atom. The summed E-state index contributed by atoms with van der Waals surface area (Å²) in [6.07, 6.45) is 6.64. The maximum Gasteiger partial charge on any atom is 0.142 e. The molecule has 0 aromatic heterocycles. The van der Waals surface area contributed by atoms with Crippen LogP contribution in [-0.2, 0) is 0 Å². The summed E-state index contributed by atoms with van der Waals surface area (Å²) < 4.78 is 5.45. The molecular weight excluding hydrogens is 222 g/mol. The van der Waals surface area contributed by atoms with Crippen LogP contribution in [0.1, 0.15) is 44.6 Å². The average Bonchev–Trinajstić information content (AvgIpc) is 2.41. The van der Waals surface area contributed by atoms with Crippen molar-refractivity contribution in [3.05, 3.63) is 23.8 Å². The molecule has 0 amide bonds. The van der Waals surface area contributed by atoms with E-state index in [0.717, 1.165) is 17.4 Å². The van der Waals surface area contributed by atoms with Crippen LogP contribution in [0.2, 0.25) is 0 Å². The smallest absolute Gasteiger partial charge is 0.142 e. The molecule has 0 bridgehead atoms. The number of rotatable bonds is 4. The van der Waals surface area contributed by atoms with E-state index in [1.807, 2.05) is 0 Å². The van der Waals surface area contributed by atoms with Crippen LogP contribution >= 0.6 is 0 Å². The van der Waals surface area contributed by atoms with Gasteiger partial charge in [-0.3, -0.25) is 0 Å². The van der Waals surface area contributed by atoms with Gasteiger partial charge >= 0.3 is 0 Å². The van der Waals surface area contributed by atoms with E-state index in [-0.39, 0.29) is 0 Å². The molecule has 0 atom stereocenters. The van der Waals surface area contributed by atoms with Crippen molar-refractivity contribution in [1.29, 1.82) is 0 Å². The SMILES string of the molecule is CCC1CCC(Nc2ccc(C)cc2OC)CC1. The predicted molar refractivity (Wildman–Crippen MR) is 77.4 cm³/mol. The van der Waals surface area contributed by atoms with Crippen LogP contribution in [0.25, 0.3) is 0 Å². The largest absolute Gasteiger partial charge is 0.495 e. The Bertz CT molecular complexity index is 381. The first kappa shape index (κ1) is 13.3. The summed E-state index contributed by atoms with van der Waals surface area (Å²) in [6.45, 7) is 4.40. The second kappa shape index (κ2) is 6.12. The first-order chi connectivity index (χ1) is 8.72. The zero-order chi connectivity index (χ0) is 13.0. The van der Waals surface area contributed by atoms with E-state index in [1.165, 1.54) is 37.7 Å². The third-order valence-electron chi connectivity index (χ3n) is 4.14. The molecule has 0 saturated heterocycles. The van der Waals surface area contributed by atoms with Gasteiger partial charge in [-0.1, -0.05) is 19.4 Å². The normalized spacial score (nSPS) is 23.7. The minimum absolute atomic E-state index is 0.615. The highest BCUT2D eigenvalue weighted by Crippen LogP contribution is 2.31. The van der Waals surface area contributed by atoms with E-state index in [2.05, 4.69) is 37.4 Å². The average molecular weight is 247 g/mol. The fourth-order valence-electron chi connectivity index (χ4n) is 2.85. The summed E-state index contributed by atoms with van der Waals surface area (Å²) in [5.41, 5.74) is 2.38. The van der Waals surface area contributed by atoms with Gasteiger partial charge in [-0.15, -0.1) is 0 Å². The van der Waals surface area contributed by atoms with Crippen LogP contribution in [0.15, 0.2) is 18.2 Å². The summed E-state index contributed by atoms with van der Waals surface area (Å²) in [5.74, 6) is 1.91. The van der Waals surface area contributed by atoms with Crippen LogP contribution in [0.5, 0.6) is 5.75 Å². The lowest BCUT2D eigenvalue weighted by Gasteiger charge is -2.29. The fraction of sp³-hybridized carbons (Fsp3) is 0.625. The lowest BCUT2D eigenvalue weighted by molar-refractivity contribution is 0.329. The minimum atomic E-state index is 0.615. The van der Waals surface area contributed by atoms with Crippen LogP contribution in [0.4, 0.5) is 5.69 Å². The molecule has 0 heterocycles. The third-order valence-corrected chi connectivity index (χ3v) is 4.14. The first-order valence-electron chi connectivity index (χ1n) is 7.14. The van der Waals surface area contributed by atoms with Gasteiger partial charge in [0.1, 0.15) is 5.75 Å². The number of hydrogen-bond donors (Lipinski definition) is 1. The molecule has 2 nitrogen and oxygen atoms in total. The van der Waals surface area contributed by atoms with Crippen molar-refractivity contribution in [3.8, 4) is 5.75 Å². The Morgan fingerprint density at radius 3 is 2.56 bits per heavy atom. The van der Waals surface area contributed by atoms with E-state index >= 15 is 0 Å². The van der Waals surface area contributed by atoms with Crippen molar-refractivity contribution in [2.45, 2.75) is 52.0 Å². The van der Waals surface area contributed by atoms with Crippen LogP contribution in [-0.4, -0.2) is 13.2 Å². The van der Waals surface area contributed by atoms with Crippen molar-refractivity contribution >= 4 is 5.69 Å². The van der Waals surface area contributed by atoms with Gasteiger partial charge < -0.3 is 10.1 Å². The number of ether oxygens (including phenoxy) is 1. The summed E-state index contributed by atoms with van der Waals surface area (Å²) in [5, 5.41) is 3.65. The van der Waals surface area contributed by atoms with Crippen molar-refractivity contribution in [2.75, 3.05) is 12.4 Å². The molecule has 18 heavy (non-hydrogen) atoms. The number of nitrogens with one attached hydrogen (secondary N) is 1. The van der Waals surface area contributed by atoms with Gasteiger partial charge in [-0.25, -0.2) is 0 Å². The topological polar surface area (TPSA) is 21.3 Å². The molecule has 1 aromatic rings. The van der Waals surface area contributed by atoms with Gasteiger partial charge in [0.2, 0.25) is 0 Å². The second-order valence-electron chi connectivity index (χ2n) is 5.47. The second-order valence-corrected chi connectivity index (χ2v) is 5.47. The predicted octanol–water partition coefficient (Wildman–Crippen LogP) is 4.38. The maximum atomic E-state index is 5.45. The molecule has 2 heteroatoms. The highest BCUT2D eigenvalue weighted by atomic mass is 16.5. The Morgan fingerprint density at radius 2 is 1.94 bits per heavy atom. The Balaban J connectivity index is 1.97. The molecule has 0 spiro atoms. The molecule has 1 aliphatic rings. The number of hydrogen-bond acceptors (Lipinski definition) is 2. The third kappa shape index (κ3) is 3.18. The summed E-state index contributed by atoms with van der Waals surface area (Å²) >= 11 is 0. The van der Waals surface area contributed by atoms with Gasteiger partial charge in [0.05, 0.1) is 12.8 Å². The molecular formula is C16H25NO. The maximum absolute atomic E-state index is 5.45. The molecule has 1 aromatic carbocycles. The van der Waals surface area contributed by atoms with E-state index in [4.69, 9.17) is 4.74 Å². The van der Waals surface area contributed by atoms with Crippen molar-refractivity contribution in [1.82, 2.24) is 0 Å².